The highest BCUT2D eigenvalue weighted by Crippen LogP contribution is 2.50. The van der Waals surface area contributed by atoms with Gasteiger partial charge in [0.25, 0.3) is 5.60 Å². The van der Waals surface area contributed by atoms with Gasteiger partial charge in [0.1, 0.15) is 6.61 Å². The Morgan fingerprint density at radius 3 is 2.18 bits per heavy atom. The summed E-state index contributed by atoms with van der Waals surface area (Å²) in [6, 6.07) is 17.0. The number of ether oxygens (including phenoxy) is 1. The Labute approximate surface area is 235 Å². The summed E-state index contributed by atoms with van der Waals surface area (Å²) < 4.78 is 63.5. The third-order valence-electron chi connectivity index (χ3n) is 6.72. The second kappa shape index (κ2) is 10.2. The van der Waals surface area contributed by atoms with E-state index < -0.39 is 30.0 Å². The van der Waals surface area contributed by atoms with E-state index in [-0.39, 0.29) is 51.6 Å². The lowest BCUT2D eigenvalue weighted by molar-refractivity contribution is -0.275. The number of carbonyl (C=O) groups excluding carboxylic acids is 1. The van der Waals surface area contributed by atoms with Crippen LogP contribution in [0.15, 0.2) is 71.9 Å². The molecule has 12 heteroatoms. The van der Waals surface area contributed by atoms with Crippen molar-refractivity contribution in [1.82, 2.24) is 4.90 Å². The number of hydrogen-bond donors (Lipinski definition) is 0. The fourth-order valence-electron chi connectivity index (χ4n) is 4.49. The van der Waals surface area contributed by atoms with E-state index in [0.29, 0.717) is 5.56 Å². The molecule has 0 aliphatic carbocycles. The molecule has 0 saturated carbocycles. The maximum absolute atomic E-state index is 15.4. The number of nitrogens with zero attached hydrogens (tertiary/aromatic N) is 2. The third kappa shape index (κ3) is 5.15. The predicted octanol–water partition coefficient (Wildman–Crippen LogP) is 8.05. The highest BCUT2D eigenvalue weighted by atomic mass is 35.5. The van der Waals surface area contributed by atoms with Gasteiger partial charge in [-0.2, -0.15) is 13.2 Å². The van der Waals surface area contributed by atoms with Gasteiger partial charge in [-0.05, 0) is 28.8 Å². The molecule has 1 saturated heterocycles. The first-order chi connectivity index (χ1) is 18.4. The molecule has 3 aromatic rings. The molecule has 0 N–H and O–H groups in total. The minimum Gasteiger partial charge on any atom is -0.445 e. The van der Waals surface area contributed by atoms with Crippen molar-refractivity contribution in [3.8, 4) is 0 Å². The van der Waals surface area contributed by atoms with Gasteiger partial charge in [-0.15, -0.1) is 0 Å². The van der Waals surface area contributed by atoms with Crippen molar-refractivity contribution >= 4 is 46.6 Å². The highest BCUT2D eigenvalue weighted by molar-refractivity contribution is 6.48. The number of alkyl halides is 4. The van der Waals surface area contributed by atoms with Crippen LogP contribution in [0.5, 0.6) is 0 Å². The predicted molar refractivity (Wildman–Crippen MR) is 139 cm³/mol. The van der Waals surface area contributed by atoms with Crippen molar-refractivity contribution < 1.29 is 31.9 Å². The Bertz CT molecular complexity index is 1410. The molecule has 0 aromatic heterocycles. The molecule has 2 aliphatic heterocycles. The number of hydrogen-bond acceptors (Lipinski definition) is 4. The topological polar surface area (TPSA) is 51.1 Å². The molecule has 0 radical (unpaired) electrons. The van der Waals surface area contributed by atoms with E-state index in [0.717, 1.165) is 17.7 Å². The fourth-order valence-corrected chi connectivity index (χ4v) is 5.09. The van der Waals surface area contributed by atoms with Crippen LogP contribution in [-0.4, -0.2) is 36.0 Å². The van der Waals surface area contributed by atoms with Gasteiger partial charge in [-0.1, -0.05) is 94.6 Å². The lowest BCUT2D eigenvalue weighted by Gasteiger charge is -2.43. The molecule has 1 atom stereocenters. The van der Waals surface area contributed by atoms with Crippen LogP contribution in [0.4, 0.5) is 22.4 Å². The lowest BCUT2D eigenvalue weighted by Crippen LogP contribution is -2.58. The molecular weight excluding hydrogens is 583 g/mol. The van der Waals surface area contributed by atoms with E-state index in [1.807, 2.05) is 30.3 Å². The number of rotatable bonds is 5. The standard InChI is InChI=1S/C27H19Cl3F4N2O3/c28-20-10-19(11-21(29)23(20)30)26(27(32,33)34)12-22(35-39-26)17-6-8-18(9-7-17)25(31)14-36(15-25)24(37)38-13-16-4-2-1-3-5-16/h1-11H,12-15H2/t26-/m1/s1. The average Bonchev–Trinajstić information content (AvgIpc) is 3.36. The maximum atomic E-state index is 15.4. The summed E-state index contributed by atoms with van der Waals surface area (Å²) in [6.07, 6.45) is -6.16. The zero-order valence-corrected chi connectivity index (χ0v) is 22.2. The quantitative estimate of drug-likeness (QED) is 0.220. The van der Waals surface area contributed by atoms with Crippen molar-refractivity contribution in [3.63, 3.8) is 0 Å². The second-order valence-electron chi connectivity index (χ2n) is 9.32. The summed E-state index contributed by atoms with van der Waals surface area (Å²) in [5.41, 5.74) is -3.58. The molecule has 1 fully saturated rings. The summed E-state index contributed by atoms with van der Waals surface area (Å²) in [5, 5.41) is 3.32. The van der Waals surface area contributed by atoms with Crippen LogP contribution < -0.4 is 0 Å². The van der Waals surface area contributed by atoms with Gasteiger partial charge in [-0.25, -0.2) is 9.18 Å². The maximum Gasteiger partial charge on any atom is 0.435 e. The van der Waals surface area contributed by atoms with Crippen molar-refractivity contribution in [3.05, 3.63) is 104 Å². The Morgan fingerprint density at radius 1 is 0.974 bits per heavy atom. The van der Waals surface area contributed by atoms with Crippen molar-refractivity contribution in [2.24, 2.45) is 5.16 Å². The summed E-state index contributed by atoms with van der Waals surface area (Å²) in [5.74, 6) is 0. The van der Waals surface area contributed by atoms with Gasteiger partial charge in [-0.3, -0.25) is 0 Å². The molecule has 0 bridgehead atoms. The minimum atomic E-state index is -4.87. The molecule has 2 aliphatic rings. The Morgan fingerprint density at radius 2 is 1.59 bits per heavy atom. The zero-order valence-electron chi connectivity index (χ0n) is 19.9. The van der Waals surface area contributed by atoms with Gasteiger partial charge in [0.15, 0.2) is 5.67 Å². The monoisotopic (exact) mass is 600 g/mol. The van der Waals surface area contributed by atoms with Crippen LogP contribution in [0.25, 0.3) is 0 Å². The summed E-state index contributed by atoms with van der Waals surface area (Å²) in [4.78, 5) is 18.5. The van der Waals surface area contributed by atoms with Crippen LogP contribution >= 0.6 is 34.8 Å². The first-order valence-corrected chi connectivity index (χ1v) is 12.8. The minimum absolute atomic E-state index is 0.00806. The lowest BCUT2D eigenvalue weighted by atomic mass is 9.85. The molecule has 5 rings (SSSR count). The fraction of sp³-hybridized carbons (Fsp3) is 0.259. The van der Waals surface area contributed by atoms with E-state index in [2.05, 4.69) is 5.16 Å². The number of oxime groups is 1. The van der Waals surface area contributed by atoms with E-state index in [1.165, 1.54) is 29.2 Å². The normalized spacial score (nSPS) is 20.2. The molecule has 0 unspecified atom stereocenters. The van der Waals surface area contributed by atoms with Crippen molar-refractivity contribution in [1.29, 1.82) is 0 Å². The first-order valence-electron chi connectivity index (χ1n) is 11.6. The Balaban J connectivity index is 1.26. The van der Waals surface area contributed by atoms with E-state index >= 15 is 4.39 Å². The number of carbonyl (C=O) groups is 1. The SMILES string of the molecule is O=C(OCc1ccccc1)N1CC(F)(c2ccc(C3=NO[C@](c4cc(Cl)c(Cl)c(Cl)c4)(C(F)(F)F)C3)cc2)C1. The Kier molecular flexibility index (Phi) is 7.20. The van der Waals surface area contributed by atoms with Crippen LogP contribution in [0.3, 0.4) is 0 Å². The molecule has 3 aromatic carbocycles. The number of benzene rings is 3. The summed E-state index contributed by atoms with van der Waals surface area (Å²) in [7, 11) is 0. The number of likely N-dealkylation sites (tertiary alicyclic amines) is 1. The number of amides is 1. The van der Waals surface area contributed by atoms with Gasteiger partial charge in [0.2, 0.25) is 0 Å². The highest BCUT2D eigenvalue weighted by Gasteiger charge is 2.62. The zero-order chi connectivity index (χ0) is 28.0. The molecule has 1 amide bonds. The van der Waals surface area contributed by atoms with E-state index in [4.69, 9.17) is 44.4 Å². The van der Waals surface area contributed by atoms with Crippen LogP contribution in [0.2, 0.25) is 15.1 Å². The van der Waals surface area contributed by atoms with Crippen molar-refractivity contribution in [2.45, 2.75) is 30.5 Å². The molecule has 5 nitrogen and oxygen atoms in total. The van der Waals surface area contributed by atoms with Gasteiger partial charge in [0.05, 0.1) is 33.9 Å². The van der Waals surface area contributed by atoms with Gasteiger partial charge in [0, 0.05) is 12.0 Å². The van der Waals surface area contributed by atoms with Crippen LogP contribution in [-0.2, 0) is 27.5 Å². The van der Waals surface area contributed by atoms with Crippen molar-refractivity contribution in [2.75, 3.05) is 13.1 Å². The second-order valence-corrected chi connectivity index (χ2v) is 10.5. The molecule has 204 valence electrons. The summed E-state index contributed by atoms with van der Waals surface area (Å²) in [6.45, 7) is -0.346. The molecule has 0 spiro atoms. The molecular formula is C27H19Cl3F4N2O3. The molecule has 2 heterocycles. The summed E-state index contributed by atoms with van der Waals surface area (Å²) >= 11 is 17.8. The first kappa shape index (κ1) is 27.6. The smallest absolute Gasteiger partial charge is 0.435 e. The largest absolute Gasteiger partial charge is 0.445 e. The number of halogens is 7. The average molecular weight is 602 g/mol. The van der Waals surface area contributed by atoms with E-state index in [9.17, 15) is 18.0 Å². The van der Waals surface area contributed by atoms with Gasteiger partial charge >= 0.3 is 12.3 Å². The van der Waals surface area contributed by atoms with Crippen LogP contribution in [0, 0.1) is 0 Å². The van der Waals surface area contributed by atoms with Gasteiger partial charge < -0.3 is 14.5 Å². The van der Waals surface area contributed by atoms with Crippen LogP contribution in [0.1, 0.15) is 28.7 Å². The Hall–Kier alpha value is -3.01. The third-order valence-corrected chi connectivity index (χ3v) is 7.91. The molecule has 39 heavy (non-hydrogen) atoms. The van der Waals surface area contributed by atoms with E-state index in [1.54, 1.807) is 0 Å².